The topological polar surface area (TPSA) is 20.3 Å². The number of hydrogen-bond acceptors (Lipinski definition) is 2. The standard InChI is InChI=1S/C39H39NO/c1-24-16-25(2)20-34(19-24)31-12-14-36(15-13-31)40(8)38-29(6)21-35(22-30(38)7)32-10-9-11-33(23-32)39(41)37-27(4)17-26(3)18-28(37)5/h9-23H,1-8H3. The van der Waals surface area contributed by atoms with Gasteiger partial charge in [-0.05, 0) is 123 Å². The second-order valence-corrected chi connectivity index (χ2v) is 11.6. The number of carbonyl (C=O) groups is 1. The Kier molecular flexibility index (Phi) is 7.69. The lowest BCUT2D eigenvalue weighted by Gasteiger charge is -2.25. The highest BCUT2D eigenvalue weighted by Gasteiger charge is 2.17. The predicted octanol–water partition coefficient (Wildman–Crippen LogP) is 10.2. The Hall–Kier alpha value is -4.43. The molecule has 0 heterocycles. The molecule has 5 rings (SSSR count). The number of aryl methyl sites for hydroxylation is 7. The van der Waals surface area contributed by atoms with Gasteiger partial charge in [0.2, 0.25) is 0 Å². The first-order valence-corrected chi connectivity index (χ1v) is 14.3. The summed E-state index contributed by atoms with van der Waals surface area (Å²) < 4.78 is 0. The van der Waals surface area contributed by atoms with Gasteiger partial charge in [0.05, 0.1) is 0 Å². The van der Waals surface area contributed by atoms with Gasteiger partial charge < -0.3 is 4.90 Å². The average molecular weight is 538 g/mol. The molecule has 0 radical (unpaired) electrons. The minimum Gasteiger partial charge on any atom is -0.344 e. The molecule has 0 aliphatic rings. The maximum absolute atomic E-state index is 13.6. The molecule has 5 aromatic carbocycles. The molecule has 0 saturated heterocycles. The van der Waals surface area contributed by atoms with Gasteiger partial charge >= 0.3 is 0 Å². The molecule has 0 aliphatic heterocycles. The van der Waals surface area contributed by atoms with Crippen molar-refractivity contribution in [3.8, 4) is 22.3 Å². The Morgan fingerprint density at radius 1 is 0.512 bits per heavy atom. The molecule has 0 bridgehead atoms. The Balaban J connectivity index is 1.44. The first-order chi connectivity index (χ1) is 19.5. The van der Waals surface area contributed by atoms with Crippen LogP contribution < -0.4 is 4.90 Å². The summed E-state index contributed by atoms with van der Waals surface area (Å²) >= 11 is 0. The second kappa shape index (κ2) is 11.2. The molecule has 0 atom stereocenters. The summed E-state index contributed by atoms with van der Waals surface area (Å²) in [6, 6.07) is 32.2. The van der Waals surface area contributed by atoms with E-state index in [1.54, 1.807) is 0 Å². The Labute approximate surface area is 245 Å². The minimum atomic E-state index is 0.0796. The molecule has 0 fully saturated rings. The third-order valence-corrected chi connectivity index (χ3v) is 8.00. The molecular weight excluding hydrogens is 498 g/mol. The van der Waals surface area contributed by atoms with Gasteiger partial charge in [-0.15, -0.1) is 0 Å². The van der Waals surface area contributed by atoms with Gasteiger partial charge in [0.25, 0.3) is 0 Å². The Morgan fingerprint density at radius 2 is 1.05 bits per heavy atom. The van der Waals surface area contributed by atoms with Crippen molar-refractivity contribution in [1.82, 2.24) is 0 Å². The molecule has 41 heavy (non-hydrogen) atoms. The predicted molar refractivity (Wildman–Crippen MR) is 175 cm³/mol. The van der Waals surface area contributed by atoms with Gasteiger partial charge in [-0.2, -0.15) is 0 Å². The molecule has 2 nitrogen and oxygen atoms in total. The number of rotatable bonds is 6. The summed E-state index contributed by atoms with van der Waals surface area (Å²) in [5.74, 6) is 0.0796. The van der Waals surface area contributed by atoms with E-state index >= 15 is 0 Å². The van der Waals surface area contributed by atoms with Crippen LogP contribution in [0.15, 0.2) is 91.0 Å². The highest BCUT2D eigenvalue weighted by molar-refractivity contribution is 6.11. The molecule has 0 unspecified atom stereocenters. The summed E-state index contributed by atoms with van der Waals surface area (Å²) in [5.41, 5.74) is 16.7. The van der Waals surface area contributed by atoms with Crippen LogP contribution in [0.25, 0.3) is 22.3 Å². The summed E-state index contributed by atoms with van der Waals surface area (Å²) in [6.07, 6.45) is 0. The van der Waals surface area contributed by atoms with Crippen LogP contribution in [0.2, 0.25) is 0 Å². The molecule has 0 aliphatic carbocycles. The largest absolute Gasteiger partial charge is 0.344 e. The molecular formula is C39H39NO. The fourth-order valence-corrected chi connectivity index (χ4v) is 6.32. The summed E-state index contributed by atoms with van der Waals surface area (Å²) in [4.78, 5) is 15.8. The van der Waals surface area contributed by atoms with Gasteiger partial charge in [0.1, 0.15) is 0 Å². The van der Waals surface area contributed by atoms with Crippen LogP contribution in [0.1, 0.15) is 54.9 Å². The van der Waals surface area contributed by atoms with E-state index < -0.39 is 0 Å². The van der Waals surface area contributed by atoms with Gasteiger partial charge in [-0.3, -0.25) is 4.79 Å². The fourth-order valence-electron chi connectivity index (χ4n) is 6.32. The molecule has 0 amide bonds. The van der Waals surface area contributed by atoms with E-state index in [-0.39, 0.29) is 5.78 Å². The highest BCUT2D eigenvalue weighted by atomic mass is 16.1. The molecule has 206 valence electrons. The molecule has 2 heteroatoms. The quantitative estimate of drug-likeness (QED) is 0.201. The van der Waals surface area contributed by atoms with Crippen molar-refractivity contribution in [1.29, 1.82) is 0 Å². The van der Waals surface area contributed by atoms with E-state index in [0.717, 1.165) is 39.1 Å². The van der Waals surface area contributed by atoms with Crippen LogP contribution in [0.5, 0.6) is 0 Å². The fraction of sp³-hybridized carbons (Fsp3) is 0.205. The summed E-state index contributed by atoms with van der Waals surface area (Å²) in [5, 5.41) is 0. The second-order valence-electron chi connectivity index (χ2n) is 11.6. The van der Waals surface area contributed by atoms with Crippen LogP contribution in [0.3, 0.4) is 0 Å². The van der Waals surface area contributed by atoms with E-state index in [1.807, 2.05) is 32.0 Å². The SMILES string of the molecule is Cc1cc(C)cc(-c2ccc(N(C)c3c(C)cc(-c4cccc(C(=O)c5c(C)cc(C)cc5C)c4)cc3C)cc2)c1. The third kappa shape index (κ3) is 5.74. The van der Waals surface area contributed by atoms with Gasteiger partial charge in [0, 0.05) is 29.5 Å². The van der Waals surface area contributed by atoms with Crippen molar-refractivity contribution < 1.29 is 4.79 Å². The van der Waals surface area contributed by atoms with E-state index in [9.17, 15) is 4.79 Å². The molecule has 0 aromatic heterocycles. The number of anilines is 2. The van der Waals surface area contributed by atoms with Crippen molar-refractivity contribution in [2.75, 3.05) is 11.9 Å². The molecule has 0 saturated carbocycles. The van der Waals surface area contributed by atoms with Gasteiger partial charge in [-0.1, -0.05) is 77.4 Å². The molecule has 0 spiro atoms. The van der Waals surface area contributed by atoms with E-state index in [2.05, 4.69) is 119 Å². The first kappa shape index (κ1) is 28.1. The van der Waals surface area contributed by atoms with Crippen molar-refractivity contribution >= 4 is 17.2 Å². The van der Waals surface area contributed by atoms with Crippen molar-refractivity contribution in [2.45, 2.75) is 48.5 Å². The maximum Gasteiger partial charge on any atom is 0.193 e. The van der Waals surface area contributed by atoms with Crippen LogP contribution in [0.4, 0.5) is 11.4 Å². The maximum atomic E-state index is 13.6. The number of nitrogens with zero attached hydrogens (tertiary/aromatic N) is 1. The number of benzene rings is 5. The zero-order valence-electron chi connectivity index (χ0n) is 25.5. The van der Waals surface area contributed by atoms with E-state index in [0.29, 0.717) is 0 Å². The van der Waals surface area contributed by atoms with E-state index in [1.165, 1.54) is 44.6 Å². The van der Waals surface area contributed by atoms with Crippen LogP contribution >= 0.6 is 0 Å². The lowest BCUT2D eigenvalue weighted by molar-refractivity contribution is 0.103. The summed E-state index contributed by atoms with van der Waals surface area (Å²) in [7, 11) is 2.13. The third-order valence-electron chi connectivity index (χ3n) is 8.00. The number of carbonyl (C=O) groups excluding carboxylic acids is 1. The van der Waals surface area contributed by atoms with Gasteiger partial charge in [-0.25, -0.2) is 0 Å². The zero-order valence-corrected chi connectivity index (χ0v) is 25.5. The summed E-state index contributed by atoms with van der Waals surface area (Å²) in [6.45, 7) is 14.7. The van der Waals surface area contributed by atoms with Crippen molar-refractivity contribution in [3.05, 3.63) is 141 Å². The van der Waals surface area contributed by atoms with Crippen LogP contribution in [0, 0.1) is 48.5 Å². The Morgan fingerprint density at radius 3 is 1.63 bits per heavy atom. The Bertz CT molecular complexity index is 1710. The smallest absolute Gasteiger partial charge is 0.193 e. The van der Waals surface area contributed by atoms with Crippen molar-refractivity contribution in [2.24, 2.45) is 0 Å². The van der Waals surface area contributed by atoms with Crippen LogP contribution in [-0.4, -0.2) is 12.8 Å². The average Bonchev–Trinajstić information content (AvgIpc) is 2.91. The lowest BCUT2D eigenvalue weighted by Crippen LogP contribution is -2.12. The van der Waals surface area contributed by atoms with Gasteiger partial charge in [0.15, 0.2) is 5.78 Å². The number of hydrogen-bond donors (Lipinski definition) is 0. The lowest BCUT2D eigenvalue weighted by atomic mass is 9.91. The zero-order chi connectivity index (χ0) is 29.4. The van der Waals surface area contributed by atoms with E-state index in [4.69, 9.17) is 0 Å². The molecule has 5 aromatic rings. The minimum absolute atomic E-state index is 0.0796. The molecule has 0 N–H and O–H groups in total. The number of ketones is 1. The van der Waals surface area contributed by atoms with Crippen molar-refractivity contribution in [3.63, 3.8) is 0 Å². The first-order valence-electron chi connectivity index (χ1n) is 14.3. The monoisotopic (exact) mass is 537 g/mol. The van der Waals surface area contributed by atoms with Crippen LogP contribution in [-0.2, 0) is 0 Å². The highest BCUT2D eigenvalue weighted by Crippen LogP contribution is 2.35. The normalized spacial score (nSPS) is 11.0.